The molecule has 102 valence electrons. The molecule has 0 saturated heterocycles. The Labute approximate surface area is 105 Å². The number of nitrogens with zero attached hydrogens (tertiary/aromatic N) is 1. The number of halogens is 3. The fraction of sp³-hybridized carbons (Fsp3) is 0.692. The van der Waals surface area contributed by atoms with Gasteiger partial charge in [-0.1, -0.05) is 6.92 Å². The Hall–Kier alpha value is -0.970. The van der Waals surface area contributed by atoms with Crippen molar-refractivity contribution in [2.24, 2.45) is 5.92 Å². The van der Waals surface area contributed by atoms with E-state index in [1.54, 1.807) is 10.8 Å². The molecule has 2 rings (SSSR count). The Bertz CT molecular complexity index is 380. The summed E-state index contributed by atoms with van der Waals surface area (Å²) in [4.78, 5) is 0. The number of aryl methyl sites for hydroxylation is 1. The molecule has 5 heteroatoms. The lowest BCUT2D eigenvalue weighted by molar-refractivity contribution is -0.136. The molecule has 1 aromatic rings. The molecule has 1 fully saturated rings. The van der Waals surface area contributed by atoms with E-state index in [0.717, 1.165) is 12.1 Å². The lowest BCUT2D eigenvalue weighted by Gasteiger charge is -2.15. The van der Waals surface area contributed by atoms with Crippen LogP contribution in [-0.4, -0.2) is 17.3 Å². The Morgan fingerprint density at radius 3 is 2.72 bits per heavy atom. The van der Waals surface area contributed by atoms with Crippen LogP contribution in [0.25, 0.3) is 0 Å². The summed E-state index contributed by atoms with van der Waals surface area (Å²) in [5.41, 5.74) is 1.11. The Balaban J connectivity index is 1.95. The SMILES string of the molecule is CCNC(c1ccn(CCC(F)(F)F)c1)C1CC1. The maximum atomic E-state index is 12.1. The molecule has 1 unspecified atom stereocenters. The van der Waals surface area contributed by atoms with Crippen LogP contribution in [0.1, 0.15) is 37.8 Å². The molecule has 0 bridgehead atoms. The van der Waals surface area contributed by atoms with Gasteiger partial charge in [-0.3, -0.25) is 0 Å². The molecule has 2 nitrogen and oxygen atoms in total. The van der Waals surface area contributed by atoms with Gasteiger partial charge in [0.2, 0.25) is 0 Å². The van der Waals surface area contributed by atoms with Crippen LogP contribution in [0, 0.1) is 5.92 Å². The van der Waals surface area contributed by atoms with E-state index in [2.05, 4.69) is 12.2 Å². The van der Waals surface area contributed by atoms with Gasteiger partial charge in [0.05, 0.1) is 6.42 Å². The molecule has 0 spiro atoms. The maximum absolute atomic E-state index is 12.1. The number of hydrogen-bond acceptors (Lipinski definition) is 1. The predicted molar refractivity (Wildman–Crippen MR) is 64.2 cm³/mol. The highest BCUT2D eigenvalue weighted by atomic mass is 19.4. The zero-order chi connectivity index (χ0) is 13.2. The smallest absolute Gasteiger partial charge is 0.354 e. The van der Waals surface area contributed by atoms with Gasteiger partial charge in [0.1, 0.15) is 0 Å². The second kappa shape index (κ2) is 5.34. The summed E-state index contributed by atoms with van der Waals surface area (Å²) in [5, 5.41) is 3.41. The van der Waals surface area contributed by atoms with E-state index in [9.17, 15) is 13.2 Å². The van der Waals surface area contributed by atoms with Gasteiger partial charge in [0.15, 0.2) is 0 Å². The molecule has 0 radical (unpaired) electrons. The van der Waals surface area contributed by atoms with E-state index in [1.165, 1.54) is 12.8 Å². The molecular formula is C13H19F3N2. The van der Waals surface area contributed by atoms with Crippen molar-refractivity contribution in [3.63, 3.8) is 0 Å². The Kier molecular flexibility index (Phi) is 4.00. The Morgan fingerprint density at radius 2 is 2.17 bits per heavy atom. The summed E-state index contributed by atoms with van der Waals surface area (Å²) in [6, 6.07) is 2.24. The highest BCUT2D eigenvalue weighted by Gasteiger charge is 2.32. The van der Waals surface area contributed by atoms with Crippen LogP contribution in [-0.2, 0) is 6.54 Å². The fourth-order valence-corrected chi connectivity index (χ4v) is 2.24. The van der Waals surface area contributed by atoms with Gasteiger partial charge in [-0.15, -0.1) is 0 Å². The van der Waals surface area contributed by atoms with Crippen LogP contribution >= 0.6 is 0 Å². The number of nitrogens with one attached hydrogen (secondary N) is 1. The van der Waals surface area contributed by atoms with Gasteiger partial charge in [-0.2, -0.15) is 13.2 Å². The Morgan fingerprint density at radius 1 is 1.44 bits per heavy atom. The first kappa shape index (κ1) is 13.5. The number of alkyl halides is 3. The normalized spacial score (nSPS) is 18.0. The van der Waals surface area contributed by atoms with Gasteiger partial charge in [0.25, 0.3) is 0 Å². The number of hydrogen-bond donors (Lipinski definition) is 1. The van der Waals surface area contributed by atoms with Crippen LogP contribution < -0.4 is 5.32 Å². The minimum atomic E-state index is -4.08. The zero-order valence-electron chi connectivity index (χ0n) is 10.5. The average Bonchev–Trinajstić information content (AvgIpc) is 3.01. The molecule has 1 atom stereocenters. The molecule has 18 heavy (non-hydrogen) atoms. The molecule has 1 heterocycles. The van der Waals surface area contributed by atoms with Crippen LogP contribution in [0.2, 0.25) is 0 Å². The molecule has 0 aliphatic heterocycles. The van der Waals surface area contributed by atoms with Crippen molar-refractivity contribution in [3.8, 4) is 0 Å². The van der Waals surface area contributed by atoms with Crippen molar-refractivity contribution < 1.29 is 13.2 Å². The summed E-state index contributed by atoms with van der Waals surface area (Å²) in [7, 11) is 0. The van der Waals surface area contributed by atoms with Crippen LogP contribution in [0.3, 0.4) is 0 Å². The highest BCUT2D eigenvalue weighted by molar-refractivity contribution is 5.18. The van der Waals surface area contributed by atoms with E-state index in [-0.39, 0.29) is 6.54 Å². The van der Waals surface area contributed by atoms with Crippen molar-refractivity contribution in [3.05, 3.63) is 24.0 Å². The summed E-state index contributed by atoms with van der Waals surface area (Å²) in [5.74, 6) is 0.656. The summed E-state index contributed by atoms with van der Waals surface area (Å²) < 4.78 is 38.1. The third-order valence-electron chi connectivity index (χ3n) is 3.30. The lowest BCUT2D eigenvalue weighted by atomic mass is 10.1. The highest BCUT2D eigenvalue weighted by Crippen LogP contribution is 2.41. The molecular weight excluding hydrogens is 241 g/mol. The van der Waals surface area contributed by atoms with E-state index in [0.29, 0.717) is 12.0 Å². The molecule has 0 amide bonds. The lowest BCUT2D eigenvalue weighted by Crippen LogP contribution is -2.22. The standard InChI is InChI=1S/C13H19F3N2/c1-2-17-12(10-3-4-10)11-5-7-18(9-11)8-6-13(14,15)16/h5,7,9-10,12,17H,2-4,6,8H2,1H3. The van der Waals surface area contributed by atoms with Crippen molar-refractivity contribution in [2.75, 3.05) is 6.54 Å². The monoisotopic (exact) mass is 260 g/mol. The third-order valence-corrected chi connectivity index (χ3v) is 3.30. The van der Waals surface area contributed by atoms with Crippen LogP contribution in [0.15, 0.2) is 18.5 Å². The largest absolute Gasteiger partial charge is 0.390 e. The summed E-state index contributed by atoms with van der Waals surface area (Å²) >= 11 is 0. The average molecular weight is 260 g/mol. The van der Waals surface area contributed by atoms with E-state index < -0.39 is 12.6 Å². The minimum Gasteiger partial charge on any atom is -0.354 e. The summed E-state index contributed by atoms with van der Waals surface area (Å²) in [6.45, 7) is 2.94. The third kappa shape index (κ3) is 3.77. The topological polar surface area (TPSA) is 17.0 Å². The number of rotatable bonds is 6. The molecule has 1 aliphatic rings. The maximum Gasteiger partial charge on any atom is 0.390 e. The molecule has 1 aliphatic carbocycles. The molecule has 1 N–H and O–H groups in total. The van der Waals surface area contributed by atoms with Gasteiger partial charge in [-0.25, -0.2) is 0 Å². The fourth-order valence-electron chi connectivity index (χ4n) is 2.24. The number of aromatic nitrogens is 1. The quantitative estimate of drug-likeness (QED) is 0.828. The molecule has 0 aromatic carbocycles. The summed E-state index contributed by atoms with van der Waals surface area (Å²) in [6.07, 6.45) is 1.17. The molecule has 1 saturated carbocycles. The molecule has 1 aromatic heterocycles. The van der Waals surface area contributed by atoms with Crippen molar-refractivity contribution in [2.45, 2.75) is 44.9 Å². The van der Waals surface area contributed by atoms with Gasteiger partial charge >= 0.3 is 6.18 Å². The van der Waals surface area contributed by atoms with Crippen molar-refractivity contribution >= 4 is 0 Å². The second-order valence-corrected chi connectivity index (χ2v) is 4.92. The van der Waals surface area contributed by atoms with Crippen LogP contribution in [0.4, 0.5) is 13.2 Å². The van der Waals surface area contributed by atoms with E-state index in [4.69, 9.17) is 0 Å². The van der Waals surface area contributed by atoms with Gasteiger partial charge < -0.3 is 9.88 Å². The predicted octanol–water partition coefficient (Wildman–Crippen LogP) is 3.50. The van der Waals surface area contributed by atoms with Crippen LogP contribution in [0.5, 0.6) is 0 Å². The first-order valence-corrected chi connectivity index (χ1v) is 6.45. The second-order valence-electron chi connectivity index (χ2n) is 4.92. The van der Waals surface area contributed by atoms with E-state index >= 15 is 0 Å². The van der Waals surface area contributed by atoms with Gasteiger partial charge in [-0.05, 0) is 36.9 Å². The van der Waals surface area contributed by atoms with Crippen molar-refractivity contribution in [1.29, 1.82) is 0 Å². The van der Waals surface area contributed by atoms with Gasteiger partial charge in [0, 0.05) is 25.0 Å². The minimum absolute atomic E-state index is 0.00696. The van der Waals surface area contributed by atoms with E-state index in [1.807, 2.05) is 12.3 Å². The first-order chi connectivity index (χ1) is 8.49. The van der Waals surface area contributed by atoms with Crippen molar-refractivity contribution in [1.82, 2.24) is 9.88 Å². The first-order valence-electron chi connectivity index (χ1n) is 6.45. The zero-order valence-corrected chi connectivity index (χ0v) is 10.5.